The average Bonchev–Trinajstić information content (AvgIpc) is 2.88. The number of aromatic nitrogens is 2. The van der Waals surface area contributed by atoms with Crippen LogP contribution in [0.25, 0.3) is 11.0 Å². The molecular formula is C18H27N5O3. The molecule has 142 valence electrons. The van der Waals surface area contributed by atoms with Crippen LogP contribution in [-0.2, 0) is 16.1 Å². The predicted octanol–water partition coefficient (Wildman–Crippen LogP) is 0.684. The fraction of sp³-hybridized carbons (Fsp3) is 0.556. The Labute approximate surface area is 153 Å². The van der Waals surface area contributed by atoms with Crippen molar-refractivity contribution in [2.45, 2.75) is 26.0 Å². The number of nitrogen functional groups attached to an aromatic ring is 1. The van der Waals surface area contributed by atoms with Crippen molar-refractivity contribution in [3.8, 4) is 0 Å². The zero-order valence-electron chi connectivity index (χ0n) is 15.6. The lowest BCUT2D eigenvalue weighted by Crippen LogP contribution is -2.43. The predicted molar refractivity (Wildman–Crippen MR) is 101 cm³/mol. The minimum absolute atomic E-state index is 0.0233. The summed E-state index contributed by atoms with van der Waals surface area (Å²) in [5.74, 6) is 0.372. The van der Waals surface area contributed by atoms with Gasteiger partial charge in [0.05, 0.1) is 42.9 Å². The van der Waals surface area contributed by atoms with Gasteiger partial charge >= 0.3 is 0 Å². The molecule has 1 saturated heterocycles. The Morgan fingerprint density at radius 3 is 2.73 bits per heavy atom. The van der Waals surface area contributed by atoms with Crippen molar-refractivity contribution in [2.24, 2.45) is 0 Å². The van der Waals surface area contributed by atoms with Gasteiger partial charge in [0, 0.05) is 25.8 Å². The van der Waals surface area contributed by atoms with Crippen LogP contribution in [0.4, 0.5) is 11.6 Å². The van der Waals surface area contributed by atoms with Gasteiger partial charge in [-0.25, -0.2) is 4.98 Å². The molecule has 3 N–H and O–H groups in total. The number of hydrogen-bond acceptors (Lipinski definition) is 6. The summed E-state index contributed by atoms with van der Waals surface area (Å²) in [7, 11) is 1.77. The summed E-state index contributed by atoms with van der Waals surface area (Å²) in [5.41, 5.74) is 7.42. The number of ether oxygens (including phenoxy) is 1. The van der Waals surface area contributed by atoms with E-state index in [0.29, 0.717) is 37.8 Å². The second kappa shape index (κ2) is 7.22. The molecule has 0 radical (unpaired) electrons. The highest BCUT2D eigenvalue weighted by atomic mass is 16.5. The van der Waals surface area contributed by atoms with Crippen molar-refractivity contribution in [2.75, 3.05) is 50.5 Å². The summed E-state index contributed by atoms with van der Waals surface area (Å²) < 4.78 is 7.10. The normalized spacial score (nSPS) is 16.2. The van der Waals surface area contributed by atoms with Gasteiger partial charge in [-0.05, 0) is 32.0 Å². The Morgan fingerprint density at radius 2 is 2.08 bits per heavy atom. The number of nitrogens with zero attached hydrogens (tertiary/aromatic N) is 4. The van der Waals surface area contributed by atoms with E-state index in [2.05, 4.69) is 9.88 Å². The van der Waals surface area contributed by atoms with Crippen molar-refractivity contribution in [3.63, 3.8) is 0 Å². The van der Waals surface area contributed by atoms with Crippen LogP contribution in [-0.4, -0.2) is 71.0 Å². The first-order valence-corrected chi connectivity index (χ1v) is 8.79. The van der Waals surface area contributed by atoms with Gasteiger partial charge in [-0.15, -0.1) is 0 Å². The first-order chi connectivity index (χ1) is 12.2. The molecule has 0 atom stereocenters. The van der Waals surface area contributed by atoms with Crippen LogP contribution in [0.3, 0.4) is 0 Å². The summed E-state index contributed by atoms with van der Waals surface area (Å²) in [6.45, 7) is 7.05. The van der Waals surface area contributed by atoms with E-state index in [-0.39, 0.29) is 5.91 Å². The molecule has 1 aromatic carbocycles. The Hall–Kier alpha value is -2.16. The average molecular weight is 361 g/mol. The third-order valence-electron chi connectivity index (χ3n) is 4.53. The van der Waals surface area contributed by atoms with Crippen molar-refractivity contribution in [1.29, 1.82) is 0 Å². The SMILES string of the molecule is CN(C(=O)CN1CCOCC1)c1ccc2c(c1)nc(N)n2CC(C)(C)O. The number of morpholine rings is 1. The maximum Gasteiger partial charge on any atom is 0.240 e. The number of hydrogen-bond donors (Lipinski definition) is 2. The monoisotopic (exact) mass is 361 g/mol. The molecule has 8 nitrogen and oxygen atoms in total. The lowest BCUT2D eigenvalue weighted by molar-refractivity contribution is -0.120. The smallest absolute Gasteiger partial charge is 0.240 e. The van der Waals surface area contributed by atoms with E-state index >= 15 is 0 Å². The molecule has 3 rings (SSSR count). The molecule has 2 heterocycles. The van der Waals surface area contributed by atoms with E-state index in [0.717, 1.165) is 24.3 Å². The molecule has 8 heteroatoms. The van der Waals surface area contributed by atoms with Crippen LogP contribution in [0, 0.1) is 0 Å². The Balaban J connectivity index is 1.78. The molecule has 1 amide bonds. The summed E-state index contributed by atoms with van der Waals surface area (Å²) in [5, 5.41) is 10.1. The summed E-state index contributed by atoms with van der Waals surface area (Å²) in [6, 6.07) is 5.61. The first kappa shape index (κ1) is 18.6. The number of nitrogens with two attached hydrogens (primary N) is 1. The number of aliphatic hydroxyl groups is 1. The standard InChI is InChI=1S/C18H27N5O3/c1-18(2,25)12-23-15-5-4-13(10-14(15)20-17(23)19)21(3)16(24)11-22-6-8-26-9-7-22/h4-5,10,25H,6-9,11-12H2,1-3H3,(H2,19,20). The van der Waals surface area contributed by atoms with E-state index in [1.54, 1.807) is 30.4 Å². The van der Waals surface area contributed by atoms with Crippen LogP contribution < -0.4 is 10.6 Å². The summed E-state index contributed by atoms with van der Waals surface area (Å²) >= 11 is 0. The molecule has 1 aromatic heterocycles. The molecule has 0 spiro atoms. The third kappa shape index (κ3) is 4.14. The van der Waals surface area contributed by atoms with E-state index in [1.807, 2.05) is 18.2 Å². The fourth-order valence-corrected chi connectivity index (χ4v) is 3.10. The topological polar surface area (TPSA) is 96.9 Å². The second-order valence-corrected chi connectivity index (χ2v) is 7.38. The Morgan fingerprint density at radius 1 is 1.38 bits per heavy atom. The Bertz CT molecular complexity index is 790. The Kier molecular flexibility index (Phi) is 5.17. The largest absolute Gasteiger partial charge is 0.389 e. The summed E-state index contributed by atoms with van der Waals surface area (Å²) in [4.78, 5) is 20.7. The first-order valence-electron chi connectivity index (χ1n) is 8.79. The fourth-order valence-electron chi connectivity index (χ4n) is 3.10. The number of carbonyl (C=O) groups is 1. The zero-order chi connectivity index (χ0) is 18.9. The molecule has 1 fully saturated rings. The molecule has 0 bridgehead atoms. The molecule has 0 saturated carbocycles. The van der Waals surface area contributed by atoms with Crippen LogP contribution in [0.2, 0.25) is 0 Å². The lowest BCUT2D eigenvalue weighted by Gasteiger charge is -2.28. The van der Waals surface area contributed by atoms with Gasteiger partial charge in [-0.3, -0.25) is 9.69 Å². The van der Waals surface area contributed by atoms with Crippen molar-refractivity contribution in [3.05, 3.63) is 18.2 Å². The molecule has 2 aromatic rings. The van der Waals surface area contributed by atoms with E-state index in [1.165, 1.54) is 0 Å². The van der Waals surface area contributed by atoms with Gasteiger partial charge < -0.3 is 25.0 Å². The maximum absolute atomic E-state index is 12.6. The number of anilines is 2. The van der Waals surface area contributed by atoms with Crippen molar-refractivity contribution < 1.29 is 14.6 Å². The van der Waals surface area contributed by atoms with Gasteiger partial charge in [0.2, 0.25) is 11.9 Å². The van der Waals surface area contributed by atoms with E-state index < -0.39 is 5.60 Å². The number of amides is 1. The number of fused-ring (bicyclic) bond motifs is 1. The van der Waals surface area contributed by atoms with Gasteiger partial charge in [-0.2, -0.15) is 0 Å². The van der Waals surface area contributed by atoms with Crippen molar-refractivity contribution in [1.82, 2.24) is 14.5 Å². The van der Waals surface area contributed by atoms with Crippen LogP contribution in [0.5, 0.6) is 0 Å². The number of carbonyl (C=O) groups excluding carboxylic acids is 1. The highest BCUT2D eigenvalue weighted by Crippen LogP contribution is 2.25. The molecule has 0 unspecified atom stereocenters. The van der Waals surface area contributed by atoms with Crippen LogP contribution in [0.15, 0.2) is 18.2 Å². The molecular weight excluding hydrogens is 334 g/mol. The van der Waals surface area contributed by atoms with Gasteiger partial charge in [0.15, 0.2) is 0 Å². The highest BCUT2D eigenvalue weighted by molar-refractivity contribution is 5.96. The second-order valence-electron chi connectivity index (χ2n) is 7.38. The molecule has 26 heavy (non-hydrogen) atoms. The van der Waals surface area contributed by atoms with Gasteiger partial charge in [0.1, 0.15) is 0 Å². The molecule has 1 aliphatic rings. The lowest BCUT2D eigenvalue weighted by atomic mass is 10.1. The van der Waals surface area contributed by atoms with Gasteiger partial charge in [-0.1, -0.05) is 0 Å². The minimum Gasteiger partial charge on any atom is -0.389 e. The van der Waals surface area contributed by atoms with Crippen LogP contribution in [0.1, 0.15) is 13.8 Å². The quantitative estimate of drug-likeness (QED) is 0.813. The minimum atomic E-state index is -0.897. The molecule has 0 aliphatic carbocycles. The van der Waals surface area contributed by atoms with E-state index in [4.69, 9.17) is 10.5 Å². The maximum atomic E-state index is 12.6. The number of benzene rings is 1. The number of imidazole rings is 1. The molecule has 1 aliphatic heterocycles. The van der Waals surface area contributed by atoms with Crippen LogP contribution >= 0.6 is 0 Å². The zero-order valence-corrected chi connectivity index (χ0v) is 15.6. The third-order valence-corrected chi connectivity index (χ3v) is 4.53. The van der Waals surface area contributed by atoms with E-state index in [9.17, 15) is 9.90 Å². The highest BCUT2D eigenvalue weighted by Gasteiger charge is 2.20. The van der Waals surface area contributed by atoms with Gasteiger partial charge in [0.25, 0.3) is 0 Å². The van der Waals surface area contributed by atoms with Crippen molar-refractivity contribution >= 4 is 28.6 Å². The number of rotatable bonds is 5. The number of likely N-dealkylation sites (N-methyl/N-ethyl adjacent to an activating group) is 1. The summed E-state index contributed by atoms with van der Waals surface area (Å²) in [6.07, 6.45) is 0.